The summed E-state index contributed by atoms with van der Waals surface area (Å²) in [4.78, 5) is 0. The Morgan fingerprint density at radius 2 is 2.22 bits per heavy atom. The summed E-state index contributed by atoms with van der Waals surface area (Å²) in [7, 11) is 0. The van der Waals surface area contributed by atoms with Crippen LogP contribution in [-0.4, -0.2) is 28.3 Å². The minimum absolute atomic E-state index is 0.00384. The first kappa shape index (κ1) is 13.8. The largest absolute Gasteiger partial charge is 0.434 e. The molecule has 8 heteroatoms. The van der Waals surface area contributed by atoms with E-state index in [4.69, 9.17) is 9.47 Å². The van der Waals surface area contributed by atoms with Gasteiger partial charge in [-0.25, -0.2) is 0 Å². The zero-order valence-electron chi connectivity index (χ0n) is 9.79. The average Bonchev–Trinajstić information content (AvgIpc) is 2.69. The van der Waals surface area contributed by atoms with Gasteiger partial charge in [0.15, 0.2) is 11.5 Å². The maximum atomic E-state index is 12.8. The first-order valence-electron chi connectivity index (χ1n) is 5.29. The van der Waals surface area contributed by atoms with Crippen LogP contribution in [0.25, 0.3) is 0 Å². The molecule has 0 bridgehead atoms. The van der Waals surface area contributed by atoms with Crippen LogP contribution in [0.2, 0.25) is 0 Å². The normalized spacial score (nSPS) is 23.6. The summed E-state index contributed by atoms with van der Waals surface area (Å²) in [6, 6.07) is 0. The zero-order chi connectivity index (χ0) is 13.6. The molecule has 0 saturated carbocycles. The van der Waals surface area contributed by atoms with Crippen molar-refractivity contribution in [2.24, 2.45) is 0 Å². The quantitative estimate of drug-likeness (QED) is 0.837. The molecule has 102 valence electrons. The Morgan fingerprint density at radius 3 is 2.72 bits per heavy atom. The van der Waals surface area contributed by atoms with E-state index in [1.165, 1.54) is 0 Å². The van der Waals surface area contributed by atoms with Crippen molar-refractivity contribution in [1.29, 1.82) is 0 Å². The molecule has 1 fully saturated rings. The predicted octanol–water partition coefficient (Wildman–Crippen LogP) is 2.82. The molecule has 0 radical (unpaired) electrons. The maximum Gasteiger partial charge on any atom is 0.434 e. The van der Waals surface area contributed by atoms with Gasteiger partial charge in [0.25, 0.3) is 0 Å². The molecule has 0 amide bonds. The maximum absolute atomic E-state index is 12.8. The van der Waals surface area contributed by atoms with Crippen LogP contribution in [0.4, 0.5) is 13.2 Å². The molecule has 1 atom stereocenters. The number of hydrogen-bond acceptors (Lipinski definition) is 3. The summed E-state index contributed by atoms with van der Waals surface area (Å²) in [6.45, 7) is 3.69. The van der Waals surface area contributed by atoms with Gasteiger partial charge < -0.3 is 9.47 Å². The second kappa shape index (κ2) is 4.50. The second-order valence-electron chi connectivity index (χ2n) is 4.47. The third-order valence-electron chi connectivity index (χ3n) is 2.51. The lowest BCUT2D eigenvalue weighted by atomic mass is 10.3. The van der Waals surface area contributed by atoms with Crippen LogP contribution in [-0.2, 0) is 22.2 Å². The summed E-state index contributed by atoms with van der Waals surface area (Å²) >= 11 is 2.85. The van der Waals surface area contributed by atoms with Crippen LogP contribution in [0.15, 0.2) is 10.7 Å². The van der Waals surface area contributed by atoms with Crippen LogP contribution in [0.1, 0.15) is 19.5 Å². The van der Waals surface area contributed by atoms with Gasteiger partial charge in [0.1, 0.15) is 6.10 Å². The Morgan fingerprint density at radius 1 is 1.56 bits per heavy atom. The molecule has 1 aromatic heterocycles. The van der Waals surface area contributed by atoms with Gasteiger partial charge in [0.05, 0.1) is 23.8 Å². The van der Waals surface area contributed by atoms with E-state index in [2.05, 4.69) is 21.0 Å². The van der Waals surface area contributed by atoms with Crippen molar-refractivity contribution < 1.29 is 22.6 Å². The van der Waals surface area contributed by atoms with Crippen molar-refractivity contribution in [2.75, 3.05) is 6.61 Å². The molecule has 1 aromatic rings. The number of ether oxygens (including phenoxy) is 2. The van der Waals surface area contributed by atoms with Crippen LogP contribution in [0.5, 0.6) is 0 Å². The molecule has 0 spiro atoms. The number of halogens is 4. The second-order valence-corrected chi connectivity index (χ2v) is 5.33. The zero-order valence-corrected chi connectivity index (χ0v) is 11.4. The standard InChI is InChI=1S/C10H12BrF3N2O2/c1-9(2)17-5-6(18-9)4-16-8(10(12,13)14)7(11)3-15-16/h3,6H,4-5H2,1-2H3/t6-/m0/s1. The minimum atomic E-state index is -4.45. The Labute approximate surface area is 110 Å². The van der Waals surface area contributed by atoms with Crippen molar-refractivity contribution in [3.8, 4) is 0 Å². The van der Waals surface area contributed by atoms with Crippen molar-refractivity contribution in [3.05, 3.63) is 16.4 Å². The smallest absolute Gasteiger partial charge is 0.348 e. The highest BCUT2D eigenvalue weighted by Gasteiger charge is 2.39. The Bertz CT molecular complexity index is 445. The molecule has 1 aliphatic heterocycles. The van der Waals surface area contributed by atoms with Gasteiger partial charge in [0, 0.05) is 0 Å². The van der Waals surface area contributed by atoms with Gasteiger partial charge in [-0.05, 0) is 29.8 Å². The average molecular weight is 329 g/mol. The van der Waals surface area contributed by atoms with Gasteiger partial charge >= 0.3 is 6.18 Å². The first-order chi connectivity index (χ1) is 8.19. The Kier molecular flexibility index (Phi) is 3.46. The van der Waals surface area contributed by atoms with Crippen molar-refractivity contribution in [1.82, 2.24) is 9.78 Å². The lowest BCUT2D eigenvalue weighted by Gasteiger charge is -2.18. The first-order valence-corrected chi connectivity index (χ1v) is 6.08. The molecule has 18 heavy (non-hydrogen) atoms. The molecule has 4 nitrogen and oxygen atoms in total. The molecule has 2 rings (SSSR count). The highest BCUT2D eigenvalue weighted by molar-refractivity contribution is 9.10. The molecule has 0 aromatic carbocycles. The molecular formula is C10H12BrF3N2O2. The van der Waals surface area contributed by atoms with E-state index in [0.717, 1.165) is 10.9 Å². The Balaban J connectivity index is 2.16. The van der Waals surface area contributed by atoms with Crippen LogP contribution in [0, 0.1) is 0 Å². The van der Waals surface area contributed by atoms with E-state index >= 15 is 0 Å². The number of alkyl halides is 3. The summed E-state index contributed by atoms with van der Waals surface area (Å²) in [5.74, 6) is -0.757. The SMILES string of the molecule is CC1(C)OC[C@H](Cn2ncc(Br)c2C(F)(F)F)O1. The summed E-state index contributed by atoms with van der Waals surface area (Å²) < 4.78 is 50.0. The molecular weight excluding hydrogens is 317 g/mol. The summed E-state index contributed by atoms with van der Waals surface area (Å²) in [5.41, 5.74) is -0.809. The monoisotopic (exact) mass is 328 g/mol. The summed E-state index contributed by atoms with van der Waals surface area (Å²) in [5, 5.41) is 3.71. The molecule has 0 aliphatic carbocycles. The minimum Gasteiger partial charge on any atom is -0.348 e. The fourth-order valence-corrected chi connectivity index (χ4v) is 2.35. The van der Waals surface area contributed by atoms with E-state index in [1.54, 1.807) is 13.8 Å². The van der Waals surface area contributed by atoms with E-state index in [-0.39, 0.29) is 17.6 Å². The Hall–Kier alpha value is -0.600. The molecule has 2 heterocycles. The van der Waals surface area contributed by atoms with E-state index in [9.17, 15) is 13.2 Å². The topological polar surface area (TPSA) is 36.3 Å². The predicted molar refractivity (Wildman–Crippen MR) is 59.8 cm³/mol. The molecule has 1 aliphatic rings. The highest BCUT2D eigenvalue weighted by atomic mass is 79.9. The number of hydrogen-bond donors (Lipinski definition) is 0. The lowest BCUT2D eigenvalue weighted by Crippen LogP contribution is -2.26. The van der Waals surface area contributed by atoms with Gasteiger partial charge in [0.2, 0.25) is 0 Å². The number of rotatable bonds is 2. The molecule has 1 saturated heterocycles. The van der Waals surface area contributed by atoms with Crippen molar-refractivity contribution >= 4 is 15.9 Å². The molecule has 0 N–H and O–H groups in total. The number of nitrogens with zero attached hydrogens (tertiary/aromatic N) is 2. The summed E-state index contributed by atoms with van der Waals surface area (Å²) in [6.07, 6.45) is -3.76. The third-order valence-corrected chi connectivity index (χ3v) is 3.09. The highest BCUT2D eigenvalue weighted by Crippen LogP contribution is 2.35. The van der Waals surface area contributed by atoms with E-state index in [1.807, 2.05) is 0 Å². The fraction of sp³-hybridized carbons (Fsp3) is 0.700. The van der Waals surface area contributed by atoms with Gasteiger partial charge in [-0.2, -0.15) is 18.3 Å². The van der Waals surface area contributed by atoms with Crippen LogP contribution in [0.3, 0.4) is 0 Å². The van der Waals surface area contributed by atoms with Gasteiger partial charge in [-0.3, -0.25) is 4.68 Å². The van der Waals surface area contributed by atoms with Gasteiger partial charge in [-0.1, -0.05) is 0 Å². The third kappa shape index (κ3) is 2.86. The van der Waals surface area contributed by atoms with E-state index in [0.29, 0.717) is 0 Å². The van der Waals surface area contributed by atoms with Crippen LogP contribution < -0.4 is 0 Å². The van der Waals surface area contributed by atoms with Gasteiger partial charge in [-0.15, -0.1) is 0 Å². The fourth-order valence-electron chi connectivity index (χ4n) is 1.83. The molecule has 0 unspecified atom stereocenters. The van der Waals surface area contributed by atoms with E-state index < -0.39 is 23.8 Å². The van der Waals surface area contributed by atoms with Crippen molar-refractivity contribution in [3.63, 3.8) is 0 Å². The number of aromatic nitrogens is 2. The van der Waals surface area contributed by atoms with Crippen molar-refractivity contribution in [2.45, 2.75) is 38.5 Å². The lowest BCUT2D eigenvalue weighted by molar-refractivity contribution is -0.149. The van der Waals surface area contributed by atoms with Crippen LogP contribution >= 0.6 is 15.9 Å².